The maximum absolute atomic E-state index is 13.1. The molecule has 0 spiro atoms. The summed E-state index contributed by atoms with van der Waals surface area (Å²) in [7, 11) is 0.236. The van der Waals surface area contributed by atoms with Crippen molar-refractivity contribution in [1.82, 2.24) is 9.55 Å². The Morgan fingerprint density at radius 3 is 2.71 bits per heavy atom. The number of halogens is 4. The zero-order valence-corrected chi connectivity index (χ0v) is 13.1. The standard InChI is InChI=1S/C13H15ClF3N2OS/c1-21(2)6-5-20-8-19-7-9(13(15,16)17)11-10(14)3-4-18-12(11)19/h3-4,7H,5-6,8H2,1-2H3/q+1. The van der Waals surface area contributed by atoms with E-state index in [2.05, 4.69) is 17.5 Å². The van der Waals surface area contributed by atoms with Gasteiger partial charge in [-0.05, 0) is 17.0 Å². The van der Waals surface area contributed by atoms with Crippen molar-refractivity contribution in [2.45, 2.75) is 12.9 Å². The normalized spacial score (nSPS) is 12.5. The lowest BCUT2D eigenvalue weighted by molar-refractivity contribution is -0.136. The Balaban J connectivity index is 2.30. The summed E-state index contributed by atoms with van der Waals surface area (Å²) < 4.78 is 46.0. The first kappa shape index (κ1) is 16.5. The number of ether oxygens (including phenoxy) is 1. The molecule has 0 atom stereocenters. The van der Waals surface area contributed by atoms with Gasteiger partial charge in [-0.1, -0.05) is 11.6 Å². The van der Waals surface area contributed by atoms with Crippen LogP contribution in [-0.4, -0.2) is 34.4 Å². The number of aromatic nitrogens is 2. The van der Waals surface area contributed by atoms with Gasteiger partial charge in [-0.3, -0.25) is 0 Å². The van der Waals surface area contributed by atoms with E-state index in [9.17, 15) is 13.2 Å². The van der Waals surface area contributed by atoms with E-state index in [4.69, 9.17) is 16.3 Å². The summed E-state index contributed by atoms with van der Waals surface area (Å²) in [6.07, 6.45) is 2.07. The van der Waals surface area contributed by atoms with E-state index in [1.807, 2.05) is 0 Å². The molecule has 0 fully saturated rings. The lowest BCUT2D eigenvalue weighted by Crippen LogP contribution is -2.11. The fourth-order valence-electron chi connectivity index (χ4n) is 1.88. The van der Waals surface area contributed by atoms with Crippen LogP contribution in [0, 0.1) is 0 Å². The molecule has 21 heavy (non-hydrogen) atoms. The molecule has 2 aromatic heterocycles. The number of rotatable bonds is 5. The van der Waals surface area contributed by atoms with Crippen LogP contribution >= 0.6 is 11.6 Å². The molecule has 116 valence electrons. The van der Waals surface area contributed by atoms with Gasteiger partial charge in [0.2, 0.25) is 0 Å². The van der Waals surface area contributed by atoms with E-state index in [0.717, 1.165) is 11.9 Å². The molecule has 0 aliphatic carbocycles. The molecular formula is C13H15ClF3N2OS+. The molecule has 0 aliphatic rings. The average Bonchev–Trinajstić information content (AvgIpc) is 2.75. The van der Waals surface area contributed by atoms with Crippen molar-refractivity contribution in [3.05, 3.63) is 29.0 Å². The minimum absolute atomic E-state index is 0.0249. The molecule has 8 heteroatoms. The van der Waals surface area contributed by atoms with E-state index in [1.165, 1.54) is 16.8 Å². The first-order chi connectivity index (χ1) is 9.80. The summed E-state index contributed by atoms with van der Waals surface area (Å²) in [5, 5.41) is -0.0456. The second kappa shape index (κ2) is 6.46. The Morgan fingerprint density at radius 2 is 2.10 bits per heavy atom. The summed E-state index contributed by atoms with van der Waals surface area (Å²) in [6.45, 7) is 0.523. The van der Waals surface area contributed by atoms with Crippen molar-refractivity contribution >= 4 is 33.5 Å². The van der Waals surface area contributed by atoms with Gasteiger partial charge in [0.25, 0.3) is 0 Å². The van der Waals surface area contributed by atoms with Crippen LogP contribution < -0.4 is 0 Å². The number of nitrogens with zero attached hydrogens (tertiary/aromatic N) is 2. The van der Waals surface area contributed by atoms with Gasteiger partial charge in [0, 0.05) is 17.8 Å². The number of fused-ring (bicyclic) bond motifs is 1. The number of alkyl halides is 3. The van der Waals surface area contributed by atoms with E-state index >= 15 is 0 Å². The number of hydrogen-bond acceptors (Lipinski definition) is 2. The first-order valence-electron chi connectivity index (χ1n) is 6.13. The molecule has 0 aliphatic heterocycles. The van der Waals surface area contributed by atoms with Gasteiger partial charge < -0.3 is 9.30 Å². The molecule has 2 heterocycles. The SMILES string of the molecule is C[S+](C)CCOCn1cc(C(F)(F)F)c2c(Cl)ccnc21. The Labute approximate surface area is 128 Å². The maximum atomic E-state index is 13.1. The molecule has 3 nitrogen and oxygen atoms in total. The lowest BCUT2D eigenvalue weighted by atomic mass is 10.2. The monoisotopic (exact) mass is 339 g/mol. The quantitative estimate of drug-likeness (QED) is 0.615. The largest absolute Gasteiger partial charge is 0.418 e. The topological polar surface area (TPSA) is 27.1 Å². The highest BCUT2D eigenvalue weighted by atomic mass is 35.5. The summed E-state index contributed by atoms with van der Waals surface area (Å²) in [4.78, 5) is 3.99. The second-order valence-corrected chi connectivity index (χ2v) is 7.52. The summed E-state index contributed by atoms with van der Waals surface area (Å²) in [5.41, 5.74) is -0.605. The molecule has 0 saturated heterocycles. The third-order valence-electron chi connectivity index (χ3n) is 2.88. The highest BCUT2D eigenvalue weighted by Gasteiger charge is 2.35. The molecule has 0 bridgehead atoms. The van der Waals surface area contributed by atoms with Gasteiger partial charge in [-0.2, -0.15) is 13.2 Å². The van der Waals surface area contributed by atoms with Crippen molar-refractivity contribution < 1.29 is 17.9 Å². The van der Waals surface area contributed by atoms with E-state index in [0.29, 0.717) is 6.61 Å². The molecule has 0 saturated carbocycles. The minimum atomic E-state index is -4.48. The molecular weight excluding hydrogens is 325 g/mol. The molecule has 0 aromatic carbocycles. The van der Waals surface area contributed by atoms with E-state index < -0.39 is 11.7 Å². The third kappa shape index (κ3) is 3.84. The Kier molecular flexibility index (Phi) is 5.06. The summed E-state index contributed by atoms with van der Waals surface area (Å²) in [5.74, 6) is 0.875. The van der Waals surface area contributed by atoms with Crippen molar-refractivity contribution in [3.63, 3.8) is 0 Å². The molecule has 0 radical (unpaired) electrons. The van der Waals surface area contributed by atoms with Crippen molar-refractivity contribution in [3.8, 4) is 0 Å². The van der Waals surface area contributed by atoms with Crippen LogP contribution in [0.2, 0.25) is 5.02 Å². The van der Waals surface area contributed by atoms with Crippen LogP contribution in [0.1, 0.15) is 5.56 Å². The highest BCUT2D eigenvalue weighted by Crippen LogP contribution is 2.38. The lowest BCUT2D eigenvalue weighted by Gasteiger charge is -2.05. The van der Waals surface area contributed by atoms with Gasteiger partial charge in [-0.25, -0.2) is 4.98 Å². The van der Waals surface area contributed by atoms with Crippen LogP contribution in [-0.2, 0) is 28.5 Å². The van der Waals surface area contributed by atoms with Crippen LogP contribution in [0.4, 0.5) is 13.2 Å². The van der Waals surface area contributed by atoms with Crippen LogP contribution in [0.25, 0.3) is 11.0 Å². The third-order valence-corrected chi connectivity index (χ3v) is 4.18. The second-order valence-electron chi connectivity index (χ2n) is 4.73. The zero-order valence-electron chi connectivity index (χ0n) is 11.6. The molecule has 2 rings (SSSR count). The molecule has 2 aromatic rings. The van der Waals surface area contributed by atoms with Crippen molar-refractivity contribution in [2.24, 2.45) is 0 Å². The molecule has 0 unspecified atom stereocenters. The number of hydrogen-bond donors (Lipinski definition) is 0. The van der Waals surface area contributed by atoms with Gasteiger partial charge in [0.05, 0.1) is 29.7 Å². The first-order valence-corrected chi connectivity index (χ1v) is 8.72. The number of pyridine rings is 1. The summed E-state index contributed by atoms with van der Waals surface area (Å²) >= 11 is 5.89. The van der Waals surface area contributed by atoms with E-state index in [1.54, 1.807) is 0 Å². The zero-order chi connectivity index (χ0) is 15.6. The van der Waals surface area contributed by atoms with Crippen LogP contribution in [0.5, 0.6) is 0 Å². The fraction of sp³-hybridized carbons (Fsp3) is 0.462. The fourth-order valence-corrected chi connectivity index (χ4v) is 2.57. The Bertz CT molecular complexity index is 628. The predicted octanol–water partition coefficient (Wildman–Crippen LogP) is 3.56. The van der Waals surface area contributed by atoms with Gasteiger partial charge in [0.1, 0.15) is 18.1 Å². The van der Waals surface area contributed by atoms with Crippen molar-refractivity contribution in [2.75, 3.05) is 24.9 Å². The van der Waals surface area contributed by atoms with Crippen LogP contribution in [0.15, 0.2) is 18.5 Å². The molecule has 0 N–H and O–H groups in total. The predicted molar refractivity (Wildman–Crippen MR) is 79.8 cm³/mol. The average molecular weight is 340 g/mol. The van der Waals surface area contributed by atoms with E-state index in [-0.39, 0.29) is 33.7 Å². The maximum Gasteiger partial charge on any atom is 0.418 e. The highest BCUT2D eigenvalue weighted by molar-refractivity contribution is 7.95. The Morgan fingerprint density at radius 1 is 1.38 bits per heavy atom. The molecule has 0 amide bonds. The van der Waals surface area contributed by atoms with Gasteiger partial charge in [-0.15, -0.1) is 0 Å². The van der Waals surface area contributed by atoms with Crippen molar-refractivity contribution in [1.29, 1.82) is 0 Å². The minimum Gasteiger partial charge on any atom is -0.356 e. The van der Waals surface area contributed by atoms with Gasteiger partial charge >= 0.3 is 6.18 Å². The Hall–Kier alpha value is -0.920. The van der Waals surface area contributed by atoms with Gasteiger partial charge in [0.15, 0.2) is 0 Å². The van der Waals surface area contributed by atoms with Crippen LogP contribution in [0.3, 0.4) is 0 Å². The smallest absolute Gasteiger partial charge is 0.356 e. The summed E-state index contributed by atoms with van der Waals surface area (Å²) in [6, 6.07) is 1.35.